The Morgan fingerprint density at radius 1 is 1.35 bits per heavy atom. The lowest BCUT2D eigenvalue weighted by Crippen LogP contribution is -2.47. The van der Waals surface area contributed by atoms with Gasteiger partial charge in [-0.25, -0.2) is 14.3 Å². The van der Waals surface area contributed by atoms with Crippen molar-refractivity contribution in [3.05, 3.63) is 28.7 Å². The maximum Gasteiger partial charge on any atom is 0.251 e. The van der Waals surface area contributed by atoms with Gasteiger partial charge in [0.15, 0.2) is 0 Å². The van der Waals surface area contributed by atoms with Gasteiger partial charge in [-0.1, -0.05) is 15.9 Å². The van der Waals surface area contributed by atoms with Gasteiger partial charge in [-0.05, 0) is 31.2 Å². The monoisotopic (exact) mass is 321 g/mol. The molecule has 0 fully saturated rings. The number of halogens is 1. The highest BCUT2D eigenvalue weighted by atomic mass is 79.9. The first-order valence-corrected chi connectivity index (χ1v) is 6.93. The molecule has 0 saturated carbocycles. The molecule has 1 aromatic rings. The van der Waals surface area contributed by atoms with E-state index in [2.05, 4.69) is 20.7 Å². The highest BCUT2D eigenvalue weighted by Crippen LogP contribution is 2.14. The van der Waals surface area contributed by atoms with Gasteiger partial charge in [0.25, 0.3) is 5.91 Å². The molecule has 0 radical (unpaired) electrons. The summed E-state index contributed by atoms with van der Waals surface area (Å²) in [6, 6.07) is 5.12. The van der Waals surface area contributed by atoms with Gasteiger partial charge < -0.3 is 0 Å². The first-order chi connectivity index (χ1) is 7.86. The van der Waals surface area contributed by atoms with Crippen LogP contribution in [0.5, 0.6) is 0 Å². The fourth-order valence-corrected chi connectivity index (χ4v) is 2.56. The molecule has 0 heterocycles. The third-order valence-electron chi connectivity index (χ3n) is 1.99. The number of hydrogen-bond donors (Lipinski definition) is 3. The van der Waals surface area contributed by atoms with Crippen molar-refractivity contribution in [2.24, 2.45) is 5.84 Å². The third kappa shape index (κ3) is 3.77. The molecule has 94 valence electrons. The molecule has 0 aliphatic carbocycles. The molecule has 0 saturated heterocycles. The van der Waals surface area contributed by atoms with E-state index in [0.717, 1.165) is 4.47 Å². The Morgan fingerprint density at radius 3 is 2.35 bits per heavy atom. The second kappa shape index (κ2) is 5.58. The summed E-state index contributed by atoms with van der Waals surface area (Å²) in [5, 5.41) is 0. The number of nitrogens with two attached hydrogens (primary N) is 1. The fourth-order valence-electron chi connectivity index (χ4n) is 1.09. The first-order valence-electron chi connectivity index (χ1n) is 4.65. The largest absolute Gasteiger partial charge is 0.293 e. The van der Waals surface area contributed by atoms with Crippen molar-refractivity contribution in [3.8, 4) is 0 Å². The zero-order valence-corrected chi connectivity index (χ0v) is 11.4. The molecule has 0 aliphatic rings. The fraction of sp³-hybridized carbons (Fsp3) is 0.222. The molecule has 1 aromatic carbocycles. The standard InChI is InChI=1S/C9H12BrN3O3S/c1-6(9(14)12-11)13-17(15,16)8-4-2-7(10)3-5-8/h2-6,13H,11H2,1H3,(H,12,14)/t6-/m1/s1. The third-order valence-corrected chi connectivity index (χ3v) is 4.08. The van der Waals surface area contributed by atoms with Crippen molar-refractivity contribution in [2.75, 3.05) is 0 Å². The second-order valence-electron chi connectivity index (χ2n) is 3.31. The van der Waals surface area contributed by atoms with Crippen molar-refractivity contribution < 1.29 is 13.2 Å². The molecule has 1 rings (SSSR count). The summed E-state index contributed by atoms with van der Waals surface area (Å²) >= 11 is 3.20. The number of benzene rings is 1. The van der Waals surface area contributed by atoms with Gasteiger partial charge >= 0.3 is 0 Å². The molecule has 0 spiro atoms. The molecule has 4 N–H and O–H groups in total. The average Bonchev–Trinajstić information content (AvgIpc) is 2.27. The van der Waals surface area contributed by atoms with E-state index in [1.54, 1.807) is 12.1 Å². The Labute approximate surface area is 108 Å². The molecular weight excluding hydrogens is 310 g/mol. The maximum atomic E-state index is 11.8. The normalized spacial score (nSPS) is 13.1. The lowest BCUT2D eigenvalue weighted by molar-refractivity contribution is -0.122. The van der Waals surface area contributed by atoms with E-state index in [0.29, 0.717) is 0 Å². The van der Waals surface area contributed by atoms with Crippen molar-refractivity contribution in [1.82, 2.24) is 10.1 Å². The van der Waals surface area contributed by atoms with Gasteiger partial charge in [-0.2, -0.15) is 4.72 Å². The Bertz CT molecular complexity index is 501. The first kappa shape index (κ1) is 14.1. The van der Waals surface area contributed by atoms with Crippen LogP contribution in [0.2, 0.25) is 0 Å². The van der Waals surface area contributed by atoms with E-state index in [9.17, 15) is 13.2 Å². The van der Waals surface area contributed by atoms with Crippen LogP contribution in [0, 0.1) is 0 Å². The number of hydrogen-bond acceptors (Lipinski definition) is 4. The van der Waals surface area contributed by atoms with Crippen LogP contribution in [-0.2, 0) is 14.8 Å². The van der Waals surface area contributed by atoms with Crippen molar-refractivity contribution >= 4 is 31.9 Å². The minimum absolute atomic E-state index is 0.0809. The van der Waals surface area contributed by atoms with Crippen molar-refractivity contribution in [1.29, 1.82) is 0 Å². The number of hydrazine groups is 1. The van der Waals surface area contributed by atoms with Gasteiger partial charge in [0.2, 0.25) is 10.0 Å². The molecule has 1 amide bonds. The summed E-state index contributed by atoms with van der Waals surface area (Å²) in [5.74, 6) is 4.30. The van der Waals surface area contributed by atoms with Crippen LogP contribution < -0.4 is 16.0 Å². The van der Waals surface area contributed by atoms with E-state index in [-0.39, 0.29) is 4.90 Å². The Morgan fingerprint density at radius 2 is 1.88 bits per heavy atom. The predicted molar refractivity (Wildman–Crippen MR) is 66.3 cm³/mol. The van der Waals surface area contributed by atoms with Gasteiger partial charge in [0.1, 0.15) is 0 Å². The topological polar surface area (TPSA) is 101 Å². The molecule has 6 nitrogen and oxygen atoms in total. The predicted octanol–water partition coefficient (Wildman–Crippen LogP) is 0.106. The minimum atomic E-state index is -3.72. The van der Waals surface area contributed by atoms with Crippen LogP contribution in [0.1, 0.15) is 6.92 Å². The zero-order chi connectivity index (χ0) is 13.1. The second-order valence-corrected chi connectivity index (χ2v) is 5.94. The van der Waals surface area contributed by atoms with Crippen LogP contribution in [0.4, 0.5) is 0 Å². The van der Waals surface area contributed by atoms with E-state index in [1.807, 2.05) is 5.43 Å². The van der Waals surface area contributed by atoms with E-state index < -0.39 is 22.0 Å². The molecule has 1 atom stereocenters. The SMILES string of the molecule is C[C@@H](NS(=O)(=O)c1ccc(Br)cc1)C(=O)NN. The summed E-state index contributed by atoms with van der Waals surface area (Å²) in [6.07, 6.45) is 0. The van der Waals surface area contributed by atoms with Crippen molar-refractivity contribution in [2.45, 2.75) is 17.9 Å². The summed E-state index contributed by atoms with van der Waals surface area (Å²) in [6.45, 7) is 1.40. The smallest absolute Gasteiger partial charge is 0.251 e. The van der Waals surface area contributed by atoms with Crippen LogP contribution in [-0.4, -0.2) is 20.4 Å². The van der Waals surface area contributed by atoms with Crippen LogP contribution in [0.25, 0.3) is 0 Å². The lowest BCUT2D eigenvalue weighted by atomic mass is 10.3. The van der Waals surface area contributed by atoms with Gasteiger partial charge in [-0.15, -0.1) is 0 Å². The Hall–Kier alpha value is -0.960. The molecule has 0 aliphatic heterocycles. The zero-order valence-electron chi connectivity index (χ0n) is 8.98. The van der Waals surface area contributed by atoms with Crippen molar-refractivity contribution in [3.63, 3.8) is 0 Å². The number of amides is 1. The lowest BCUT2D eigenvalue weighted by Gasteiger charge is -2.12. The number of carbonyl (C=O) groups excluding carboxylic acids is 1. The number of carbonyl (C=O) groups is 1. The highest BCUT2D eigenvalue weighted by molar-refractivity contribution is 9.10. The van der Waals surface area contributed by atoms with Gasteiger partial charge in [0.05, 0.1) is 10.9 Å². The van der Waals surface area contributed by atoms with Crippen LogP contribution in [0.15, 0.2) is 33.6 Å². The quantitative estimate of drug-likeness (QED) is 0.416. The molecular formula is C9H12BrN3O3S. The van der Waals surface area contributed by atoms with E-state index in [1.165, 1.54) is 19.1 Å². The summed E-state index contributed by atoms with van der Waals surface area (Å²) in [4.78, 5) is 11.2. The maximum absolute atomic E-state index is 11.8. The highest BCUT2D eigenvalue weighted by Gasteiger charge is 2.21. The molecule has 8 heteroatoms. The van der Waals surface area contributed by atoms with E-state index >= 15 is 0 Å². The number of nitrogens with one attached hydrogen (secondary N) is 2. The number of sulfonamides is 1. The number of rotatable bonds is 4. The summed E-state index contributed by atoms with van der Waals surface area (Å²) in [5.41, 5.74) is 1.87. The van der Waals surface area contributed by atoms with Crippen LogP contribution in [0.3, 0.4) is 0 Å². The summed E-state index contributed by atoms with van der Waals surface area (Å²) < 4.78 is 26.6. The van der Waals surface area contributed by atoms with Gasteiger partial charge in [0, 0.05) is 4.47 Å². The van der Waals surface area contributed by atoms with Gasteiger partial charge in [-0.3, -0.25) is 10.2 Å². The Balaban J connectivity index is 2.89. The summed E-state index contributed by atoms with van der Waals surface area (Å²) in [7, 11) is -3.72. The molecule has 0 aromatic heterocycles. The molecule has 0 bridgehead atoms. The van der Waals surface area contributed by atoms with E-state index in [4.69, 9.17) is 5.84 Å². The van der Waals surface area contributed by atoms with Crippen LogP contribution >= 0.6 is 15.9 Å². The Kier molecular flexibility index (Phi) is 4.63. The average molecular weight is 322 g/mol. The minimum Gasteiger partial charge on any atom is -0.293 e. The molecule has 0 unspecified atom stereocenters. The molecule has 17 heavy (non-hydrogen) atoms.